The van der Waals surface area contributed by atoms with Gasteiger partial charge in [0.2, 0.25) is 5.91 Å². The number of amides is 1. The summed E-state index contributed by atoms with van der Waals surface area (Å²) in [7, 11) is 0. The van der Waals surface area contributed by atoms with Gasteiger partial charge in [0, 0.05) is 18.0 Å². The topological polar surface area (TPSA) is 20.3 Å². The predicted octanol–water partition coefficient (Wildman–Crippen LogP) is 3.60. The molecule has 0 saturated heterocycles. The van der Waals surface area contributed by atoms with Gasteiger partial charge >= 0.3 is 0 Å². The summed E-state index contributed by atoms with van der Waals surface area (Å²) >= 11 is 0. The van der Waals surface area contributed by atoms with E-state index >= 15 is 0 Å². The van der Waals surface area contributed by atoms with Crippen molar-refractivity contribution in [3.05, 3.63) is 0 Å². The standard InChI is InChI=1S/C15H27NO/c1-15(2,3)14(17)16(13-9-10-13)11-12-7-5-4-6-8-12/h12-13H,4-11H2,1-3H3. The van der Waals surface area contributed by atoms with Crippen molar-refractivity contribution in [3.63, 3.8) is 0 Å². The maximum absolute atomic E-state index is 12.4. The van der Waals surface area contributed by atoms with E-state index in [4.69, 9.17) is 0 Å². The SMILES string of the molecule is CC(C)(C)C(=O)N(CC1CCCCC1)C1CC1. The molecule has 2 fully saturated rings. The van der Waals surface area contributed by atoms with Gasteiger partial charge in [-0.25, -0.2) is 0 Å². The van der Waals surface area contributed by atoms with Crippen molar-refractivity contribution in [1.29, 1.82) is 0 Å². The lowest BCUT2D eigenvalue weighted by Gasteiger charge is -2.34. The Morgan fingerprint density at radius 3 is 2.12 bits per heavy atom. The van der Waals surface area contributed by atoms with Crippen LogP contribution < -0.4 is 0 Å². The van der Waals surface area contributed by atoms with Crippen LogP contribution in [0.3, 0.4) is 0 Å². The zero-order chi connectivity index (χ0) is 12.5. The molecule has 2 heteroatoms. The normalized spacial score (nSPS) is 22.5. The molecule has 17 heavy (non-hydrogen) atoms. The minimum Gasteiger partial charge on any atom is -0.339 e. The fourth-order valence-electron chi connectivity index (χ4n) is 2.86. The van der Waals surface area contributed by atoms with Crippen molar-refractivity contribution < 1.29 is 4.79 Å². The van der Waals surface area contributed by atoms with Crippen LogP contribution in [0.4, 0.5) is 0 Å². The number of carbonyl (C=O) groups is 1. The van der Waals surface area contributed by atoms with E-state index in [0.29, 0.717) is 11.9 Å². The summed E-state index contributed by atoms with van der Waals surface area (Å²) in [6.45, 7) is 7.17. The van der Waals surface area contributed by atoms with Gasteiger partial charge in [0.05, 0.1) is 0 Å². The molecule has 2 saturated carbocycles. The van der Waals surface area contributed by atoms with Gasteiger partial charge in [-0.3, -0.25) is 4.79 Å². The summed E-state index contributed by atoms with van der Waals surface area (Å²) in [6.07, 6.45) is 9.26. The molecule has 0 aromatic heterocycles. The fraction of sp³-hybridized carbons (Fsp3) is 0.933. The molecule has 0 bridgehead atoms. The van der Waals surface area contributed by atoms with Gasteiger partial charge < -0.3 is 4.90 Å². The summed E-state index contributed by atoms with van der Waals surface area (Å²) in [6, 6.07) is 0.573. The van der Waals surface area contributed by atoms with Crippen LogP contribution in [0.5, 0.6) is 0 Å². The number of hydrogen-bond acceptors (Lipinski definition) is 1. The van der Waals surface area contributed by atoms with E-state index in [1.54, 1.807) is 0 Å². The molecule has 0 N–H and O–H groups in total. The zero-order valence-electron chi connectivity index (χ0n) is 11.7. The first-order valence-corrected chi connectivity index (χ1v) is 7.29. The number of hydrogen-bond donors (Lipinski definition) is 0. The van der Waals surface area contributed by atoms with E-state index in [1.807, 2.05) is 20.8 Å². The van der Waals surface area contributed by atoms with E-state index in [0.717, 1.165) is 12.5 Å². The highest BCUT2D eigenvalue weighted by molar-refractivity contribution is 5.82. The molecular formula is C15H27NO. The van der Waals surface area contributed by atoms with Crippen molar-refractivity contribution in [2.75, 3.05) is 6.54 Å². The lowest BCUT2D eigenvalue weighted by Crippen LogP contribution is -2.43. The van der Waals surface area contributed by atoms with Crippen LogP contribution in [0.25, 0.3) is 0 Å². The van der Waals surface area contributed by atoms with Gasteiger partial charge in [0.15, 0.2) is 0 Å². The number of carbonyl (C=O) groups excluding carboxylic acids is 1. The second-order valence-corrected chi connectivity index (χ2v) is 6.94. The Kier molecular flexibility index (Phi) is 3.79. The van der Waals surface area contributed by atoms with E-state index < -0.39 is 0 Å². The van der Waals surface area contributed by atoms with Gasteiger partial charge in [0.25, 0.3) is 0 Å². The molecule has 0 aromatic carbocycles. The maximum atomic E-state index is 12.4. The number of rotatable bonds is 3. The van der Waals surface area contributed by atoms with Crippen LogP contribution in [-0.2, 0) is 4.79 Å². The Hall–Kier alpha value is -0.530. The Morgan fingerprint density at radius 1 is 1.06 bits per heavy atom. The van der Waals surface area contributed by atoms with Crippen LogP contribution in [0.1, 0.15) is 65.7 Å². The Balaban J connectivity index is 1.95. The molecule has 0 unspecified atom stereocenters. The average molecular weight is 237 g/mol. The molecule has 2 nitrogen and oxygen atoms in total. The van der Waals surface area contributed by atoms with Crippen LogP contribution in [0.15, 0.2) is 0 Å². The van der Waals surface area contributed by atoms with E-state index in [2.05, 4.69) is 4.90 Å². The first-order valence-electron chi connectivity index (χ1n) is 7.29. The lowest BCUT2D eigenvalue weighted by molar-refractivity contribution is -0.141. The molecule has 1 amide bonds. The third-order valence-electron chi connectivity index (χ3n) is 4.07. The first kappa shape index (κ1) is 12.9. The Morgan fingerprint density at radius 2 is 1.65 bits per heavy atom. The van der Waals surface area contributed by atoms with Gasteiger partial charge in [-0.05, 0) is 31.6 Å². The van der Waals surface area contributed by atoms with E-state index in [-0.39, 0.29) is 5.41 Å². The second-order valence-electron chi connectivity index (χ2n) is 6.94. The molecule has 0 heterocycles. The van der Waals surface area contributed by atoms with Gasteiger partial charge in [-0.1, -0.05) is 40.0 Å². The lowest BCUT2D eigenvalue weighted by atomic mass is 9.87. The summed E-state index contributed by atoms with van der Waals surface area (Å²) in [4.78, 5) is 14.7. The highest BCUT2D eigenvalue weighted by atomic mass is 16.2. The van der Waals surface area contributed by atoms with Crippen molar-refractivity contribution in [1.82, 2.24) is 4.90 Å². The smallest absolute Gasteiger partial charge is 0.228 e. The molecule has 0 atom stereocenters. The molecule has 2 aliphatic rings. The molecule has 0 aromatic rings. The zero-order valence-corrected chi connectivity index (χ0v) is 11.7. The van der Waals surface area contributed by atoms with Crippen LogP contribution in [0.2, 0.25) is 0 Å². The predicted molar refractivity (Wildman–Crippen MR) is 70.8 cm³/mol. The van der Waals surface area contributed by atoms with Crippen molar-refractivity contribution in [3.8, 4) is 0 Å². The highest BCUT2D eigenvalue weighted by Gasteiger charge is 2.38. The second kappa shape index (κ2) is 4.99. The first-order chi connectivity index (χ1) is 7.98. The third kappa shape index (κ3) is 3.46. The molecule has 2 rings (SSSR count). The molecule has 0 aliphatic heterocycles. The third-order valence-corrected chi connectivity index (χ3v) is 4.07. The Labute approximate surface area is 106 Å². The summed E-state index contributed by atoms with van der Waals surface area (Å²) in [5.74, 6) is 1.14. The quantitative estimate of drug-likeness (QED) is 0.734. The minimum atomic E-state index is -0.211. The van der Waals surface area contributed by atoms with E-state index in [1.165, 1.54) is 44.9 Å². The molecule has 98 valence electrons. The van der Waals surface area contributed by atoms with Crippen LogP contribution in [0, 0.1) is 11.3 Å². The average Bonchev–Trinajstić information content (AvgIpc) is 3.09. The Bertz CT molecular complexity index is 269. The van der Waals surface area contributed by atoms with Gasteiger partial charge in [-0.15, -0.1) is 0 Å². The van der Waals surface area contributed by atoms with Crippen molar-refractivity contribution in [2.24, 2.45) is 11.3 Å². The maximum Gasteiger partial charge on any atom is 0.228 e. The van der Waals surface area contributed by atoms with Crippen molar-refractivity contribution in [2.45, 2.75) is 71.8 Å². The van der Waals surface area contributed by atoms with Crippen LogP contribution in [-0.4, -0.2) is 23.4 Å². The van der Waals surface area contributed by atoms with Crippen LogP contribution >= 0.6 is 0 Å². The molecule has 2 aliphatic carbocycles. The minimum absolute atomic E-state index is 0.211. The molecule has 0 radical (unpaired) electrons. The fourth-order valence-corrected chi connectivity index (χ4v) is 2.86. The van der Waals surface area contributed by atoms with E-state index in [9.17, 15) is 4.79 Å². The molecular weight excluding hydrogens is 210 g/mol. The highest BCUT2D eigenvalue weighted by Crippen LogP contribution is 2.34. The monoisotopic (exact) mass is 237 g/mol. The van der Waals surface area contributed by atoms with Gasteiger partial charge in [0.1, 0.15) is 0 Å². The summed E-state index contributed by atoms with van der Waals surface area (Å²) in [5, 5.41) is 0. The summed E-state index contributed by atoms with van der Waals surface area (Å²) in [5.41, 5.74) is -0.211. The van der Waals surface area contributed by atoms with Gasteiger partial charge in [-0.2, -0.15) is 0 Å². The van der Waals surface area contributed by atoms with Crippen molar-refractivity contribution >= 4 is 5.91 Å². The summed E-state index contributed by atoms with van der Waals surface area (Å²) < 4.78 is 0. The largest absolute Gasteiger partial charge is 0.339 e. The number of nitrogens with zero attached hydrogens (tertiary/aromatic N) is 1. The molecule has 0 spiro atoms.